The highest BCUT2D eigenvalue weighted by Crippen LogP contribution is 2.46. The molecule has 7 heteroatoms. The summed E-state index contributed by atoms with van der Waals surface area (Å²) in [7, 11) is 3.11. The Morgan fingerprint density at radius 3 is 2.35 bits per heavy atom. The van der Waals surface area contributed by atoms with Gasteiger partial charge in [0.05, 0.1) is 31.8 Å². The van der Waals surface area contributed by atoms with Crippen LogP contribution >= 0.6 is 0 Å². The number of nitriles is 1. The van der Waals surface area contributed by atoms with Crippen molar-refractivity contribution in [3.05, 3.63) is 76.1 Å². The maximum Gasteiger partial charge on any atom is 0.308 e. The molecule has 174 valence electrons. The van der Waals surface area contributed by atoms with Gasteiger partial charge in [0.25, 0.3) is 0 Å². The zero-order chi connectivity index (χ0) is 24.4. The fourth-order valence-electron chi connectivity index (χ4n) is 4.74. The molecule has 34 heavy (non-hydrogen) atoms. The molecule has 0 unspecified atom stereocenters. The first-order valence-corrected chi connectivity index (χ1v) is 11.0. The highest BCUT2D eigenvalue weighted by molar-refractivity contribution is 6.00. The number of dihydropyridines is 1. The van der Waals surface area contributed by atoms with Crippen LogP contribution in [0.25, 0.3) is 0 Å². The van der Waals surface area contributed by atoms with Gasteiger partial charge in [0.2, 0.25) is 0 Å². The standard InChI is InChI=1S/C27H26N2O5/c1-15-21(14-28)26(18-7-10-24(34-16(2)30)25(13-18)33-4)27-22(29-15)11-19(12-23(27)31)17-5-8-20(32-3)9-6-17/h5-10,13,19,26,29H,11-12H2,1-4H3/t19-,26-/m0/s1. The SMILES string of the molecule is COc1ccc([C@@H]2CC(=O)C3=C(C2)NC(C)=C(C#N)[C@@H]3c2ccc(OC(C)=O)c(OC)c2)cc1. The van der Waals surface area contributed by atoms with Gasteiger partial charge in [-0.15, -0.1) is 0 Å². The topological polar surface area (TPSA) is 97.6 Å². The first-order chi connectivity index (χ1) is 16.4. The average Bonchev–Trinajstić information content (AvgIpc) is 2.83. The summed E-state index contributed by atoms with van der Waals surface area (Å²) in [6.45, 7) is 3.17. The van der Waals surface area contributed by atoms with Gasteiger partial charge in [-0.2, -0.15) is 5.26 Å². The molecule has 1 heterocycles. The lowest BCUT2D eigenvalue weighted by molar-refractivity contribution is -0.132. The van der Waals surface area contributed by atoms with Crippen LogP contribution in [0, 0.1) is 11.3 Å². The second-order valence-electron chi connectivity index (χ2n) is 8.41. The predicted octanol–water partition coefficient (Wildman–Crippen LogP) is 4.51. The van der Waals surface area contributed by atoms with E-state index in [1.807, 2.05) is 31.2 Å². The summed E-state index contributed by atoms with van der Waals surface area (Å²) in [6, 6.07) is 15.2. The van der Waals surface area contributed by atoms with Gasteiger partial charge in [-0.1, -0.05) is 18.2 Å². The van der Waals surface area contributed by atoms with E-state index in [4.69, 9.17) is 14.2 Å². The van der Waals surface area contributed by atoms with Crippen molar-refractivity contribution in [3.8, 4) is 23.3 Å². The second kappa shape index (κ2) is 9.44. The monoisotopic (exact) mass is 458 g/mol. The number of hydrogen-bond donors (Lipinski definition) is 1. The number of allylic oxidation sites excluding steroid dienone is 4. The zero-order valence-corrected chi connectivity index (χ0v) is 19.6. The summed E-state index contributed by atoms with van der Waals surface area (Å²) < 4.78 is 15.9. The number of esters is 1. The van der Waals surface area contributed by atoms with Crippen LogP contribution < -0.4 is 19.5 Å². The Labute approximate surface area is 198 Å². The van der Waals surface area contributed by atoms with Crippen LogP contribution in [0.3, 0.4) is 0 Å². The molecule has 0 spiro atoms. The molecule has 0 saturated heterocycles. The Balaban J connectivity index is 1.75. The fourth-order valence-corrected chi connectivity index (χ4v) is 4.74. The molecule has 2 aliphatic rings. The van der Waals surface area contributed by atoms with Crippen LogP contribution in [0.1, 0.15) is 49.7 Å². The summed E-state index contributed by atoms with van der Waals surface area (Å²) in [6.07, 6.45) is 1.01. The van der Waals surface area contributed by atoms with Gasteiger partial charge in [-0.3, -0.25) is 9.59 Å². The van der Waals surface area contributed by atoms with Crippen molar-refractivity contribution in [1.82, 2.24) is 5.32 Å². The van der Waals surface area contributed by atoms with E-state index < -0.39 is 11.9 Å². The molecule has 2 aromatic rings. The highest BCUT2D eigenvalue weighted by atomic mass is 16.6. The van der Waals surface area contributed by atoms with E-state index in [1.165, 1.54) is 14.0 Å². The van der Waals surface area contributed by atoms with Gasteiger partial charge >= 0.3 is 5.97 Å². The fraction of sp³-hybridized carbons (Fsp3) is 0.296. The molecule has 7 nitrogen and oxygen atoms in total. The van der Waals surface area contributed by atoms with Gasteiger partial charge in [0.15, 0.2) is 17.3 Å². The lowest BCUT2D eigenvalue weighted by Gasteiger charge is -2.35. The van der Waals surface area contributed by atoms with E-state index in [9.17, 15) is 14.9 Å². The molecule has 0 saturated carbocycles. The van der Waals surface area contributed by atoms with Gasteiger partial charge < -0.3 is 19.5 Å². The number of rotatable bonds is 5. The Hall–Kier alpha value is -4.05. The summed E-state index contributed by atoms with van der Waals surface area (Å²) in [4.78, 5) is 24.9. The number of hydrogen-bond acceptors (Lipinski definition) is 7. The summed E-state index contributed by atoms with van der Waals surface area (Å²) in [5.41, 5.74) is 4.44. The van der Waals surface area contributed by atoms with E-state index in [-0.39, 0.29) is 17.5 Å². The molecule has 0 aromatic heterocycles. The largest absolute Gasteiger partial charge is 0.497 e. The number of ketones is 1. The summed E-state index contributed by atoms with van der Waals surface area (Å²) in [5, 5.41) is 13.3. The molecule has 1 aliphatic carbocycles. The third kappa shape index (κ3) is 4.27. The van der Waals surface area contributed by atoms with Crippen LogP contribution in [0.5, 0.6) is 17.2 Å². The van der Waals surface area contributed by atoms with Crippen molar-refractivity contribution in [2.24, 2.45) is 0 Å². The summed E-state index contributed by atoms with van der Waals surface area (Å²) >= 11 is 0. The highest BCUT2D eigenvalue weighted by Gasteiger charge is 2.39. The average molecular weight is 459 g/mol. The van der Waals surface area contributed by atoms with Crippen LogP contribution in [-0.4, -0.2) is 26.0 Å². The van der Waals surface area contributed by atoms with Gasteiger partial charge in [0, 0.05) is 30.3 Å². The first kappa shape index (κ1) is 23.1. The van der Waals surface area contributed by atoms with Crippen molar-refractivity contribution in [3.63, 3.8) is 0 Å². The quantitative estimate of drug-likeness (QED) is 0.520. The normalized spacial score (nSPS) is 19.7. The minimum atomic E-state index is -0.522. The van der Waals surface area contributed by atoms with Crippen LogP contribution in [-0.2, 0) is 9.59 Å². The number of nitrogens with zero attached hydrogens (tertiary/aromatic N) is 1. The lowest BCUT2D eigenvalue weighted by atomic mass is 9.72. The molecule has 2 aromatic carbocycles. The van der Waals surface area contributed by atoms with Crippen LogP contribution in [0.15, 0.2) is 65.0 Å². The minimum absolute atomic E-state index is 0.00264. The predicted molar refractivity (Wildman–Crippen MR) is 125 cm³/mol. The number of methoxy groups -OCH3 is 2. The van der Waals surface area contributed by atoms with Crippen molar-refractivity contribution in [1.29, 1.82) is 5.26 Å². The van der Waals surface area contributed by atoms with Gasteiger partial charge in [-0.05, 0) is 54.7 Å². The Kier molecular flexibility index (Phi) is 6.42. The van der Waals surface area contributed by atoms with Crippen molar-refractivity contribution in [2.45, 2.75) is 38.5 Å². The number of carbonyl (C=O) groups is 2. The molecule has 1 N–H and O–H groups in total. The number of Topliss-reactive ketones (excluding diaryl/α,β-unsaturated/α-hetero) is 1. The van der Waals surface area contributed by atoms with Crippen LogP contribution in [0.4, 0.5) is 0 Å². The lowest BCUT2D eigenvalue weighted by Crippen LogP contribution is -2.33. The first-order valence-electron chi connectivity index (χ1n) is 11.0. The van der Waals surface area contributed by atoms with Crippen molar-refractivity contribution >= 4 is 11.8 Å². The third-order valence-corrected chi connectivity index (χ3v) is 6.31. The smallest absolute Gasteiger partial charge is 0.308 e. The number of ether oxygens (including phenoxy) is 3. The third-order valence-electron chi connectivity index (χ3n) is 6.31. The van der Waals surface area contributed by atoms with Crippen molar-refractivity contribution in [2.75, 3.05) is 14.2 Å². The molecule has 0 amide bonds. The second-order valence-corrected chi connectivity index (χ2v) is 8.41. The number of nitrogens with one attached hydrogen (secondary N) is 1. The molecule has 0 radical (unpaired) electrons. The molecule has 1 aliphatic heterocycles. The number of benzene rings is 2. The number of carbonyl (C=O) groups excluding carboxylic acids is 2. The molecule has 2 atom stereocenters. The molecular weight excluding hydrogens is 432 g/mol. The molecule has 0 bridgehead atoms. The molecule has 4 rings (SSSR count). The summed E-state index contributed by atoms with van der Waals surface area (Å²) in [5.74, 6) is 0.471. The molecular formula is C27H26N2O5. The van der Waals surface area contributed by atoms with Gasteiger partial charge in [0.1, 0.15) is 5.75 Å². The molecule has 0 fully saturated rings. The maximum atomic E-state index is 13.5. The van der Waals surface area contributed by atoms with E-state index in [2.05, 4.69) is 11.4 Å². The Morgan fingerprint density at radius 1 is 1.03 bits per heavy atom. The minimum Gasteiger partial charge on any atom is -0.497 e. The van der Waals surface area contributed by atoms with E-state index in [0.29, 0.717) is 29.7 Å². The van der Waals surface area contributed by atoms with Gasteiger partial charge in [-0.25, -0.2) is 0 Å². The Morgan fingerprint density at radius 2 is 1.74 bits per heavy atom. The van der Waals surface area contributed by atoms with Crippen LogP contribution in [0.2, 0.25) is 0 Å². The Bertz CT molecular complexity index is 1250. The maximum absolute atomic E-state index is 13.5. The van der Waals surface area contributed by atoms with E-state index >= 15 is 0 Å². The van der Waals surface area contributed by atoms with E-state index in [0.717, 1.165) is 28.3 Å². The van der Waals surface area contributed by atoms with Crippen molar-refractivity contribution < 1.29 is 23.8 Å². The van der Waals surface area contributed by atoms with E-state index in [1.54, 1.807) is 25.3 Å². The zero-order valence-electron chi connectivity index (χ0n) is 19.6.